The Balaban J connectivity index is 1.23. The summed E-state index contributed by atoms with van der Waals surface area (Å²) in [6, 6.07) is 10.8. The van der Waals surface area contributed by atoms with Crippen molar-refractivity contribution in [2.75, 3.05) is 31.1 Å². The predicted octanol–water partition coefficient (Wildman–Crippen LogP) is 3.08. The molecule has 7 nitrogen and oxygen atoms in total. The minimum atomic E-state index is 0.209. The van der Waals surface area contributed by atoms with Crippen LogP contribution in [-0.2, 0) is 17.8 Å². The average molecular weight is 449 g/mol. The molecule has 0 radical (unpaired) electrons. The lowest BCUT2D eigenvalue weighted by atomic mass is 10.1. The smallest absolute Gasteiger partial charge is 0.237 e. The zero-order chi connectivity index (χ0) is 22.1. The van der Waals surface area contributed by atoms with Gasteiger partial charge in [-0.15, -0.1) is 11.3 Å². The summed E-state index contributed by atoms with van der Waals surface area (Å²) >= 11 is 1.72. The molecule has 0 spiro atoms. The highest BCUT2D eigenvalue weighted by Gasteiger charge is 2.33. The second-order valence-electron chi connectivity index (χ2n) is 8.69. The van der Waals surface area contributed by atoms with E-state index in [0.717, 1.165) is 48.0 Å². The van der Waals surface area contributed by atoms with E-state index in [1.165, 1.54) is 4.88 Å². The van der Waals surface area contributed by atoms with Crippen LogP contribution in [0, 0.1) is 0 Å². The molecule has 2 atom stereocenters. The molecule has 0 unspecified atom stereocenters. The fraction of sp³-hybridized carbons (Fsp3) is 0.417. The molecule has 8 heteroatoms. The van der Waals surface area contributed by atoms with E-state index in [9.17, 15) is 4.79 Å². The number of aromatic nitrogens is 3. The third-order valence-electron chi connectivity index (χ3n) is 6.44. The van der Waals surface area contributed by atoms with E-state index < -0.39 is 0 Å². The van der Waals surface area contributed by atoms with Crippen molar-refractivity contribution in [3.63, 3.8) is 0 Å². The average Bonchev–Trinajstić information content (AvgIpc) is 3.26. The lowest BCUT2D eigenvalue weighted by Crippen LogP contribution is -2.59. The Bertz CT molecular complexity index is 1060. The van der Waals surface area contributed by atoms with Crippen molar-refractivity contribution >= 4 is 22.9 Å². The third kappa shape index (κ3) is 4.25. The monoisotopic (exact) mass is 448 g/mol. The van der Waals surface area contributed by atoms with Crippen LogP contribution >= 0.6 is 11.3 Å². The van der Waals surface area contributed by atoms with E-state index in [1.807, 2.05) is 35.5 Å². The first-order valence-electron chi connectivity index (χ1n) is 11.2. The number of hydrogen-bond acceptors (Lipinski definition) is 7. The number of nitrogens with zero attached hydrogens (tertiary/aromatic N) is 6. The van der Waals surface area contributed by atoms with Crippen molar-refractivity contribution < 1.29 is 4.79 Å². The molecule has 0 N–H and O–H groups in total. The molecule has 5 rings (SSSR count). The van der Waals surface area contributed by atoms with Gasteiger partial charge in [-0.3, -0.25) is 9.69 Å². The Labute approximate surface area is 192 Å². The molecule has 1 fully saturated rings. The van der Waals surface area contributed by atoms with Gasteiger partial charge in [0.15, 0.2) is 0 Å². The van der Waals surface area contributed by atoms with Crippen LogP contribution in [0.2, 0.25) is 0 Å². The zero-order valence-electron chi connectivity index (χ0n) is 18.5. The molecule has 0 aliphatic carbocycles. The normalized spacial score (nSPS) is 21.4. The zero-order valence-corrected chi connectivity index (χ0v) is 19.3. The second kappa shape index (κ2) is 8.96. The molecule has 0 saturated carbocycles. The number of fused-ring (bicyclic) bond motifs is 1. The lowest BCUT2D eigenvalue weighted by molar-refractivity contribution is -0.134. The lowest BCUT2D eigenvalue weighted by Gasteiger charge is -2.45. The van der Waals surface area contributed by atoms with E-state index in [1.54, 1.807) is 17.7 Å². The van der Waals surface area contributed by atoms with Crippen molar-refractivity contribution in [2.45, 2.75) is 38.9 Å². The molecular weight excluding hydrogens is 420 g/mol. The van der Waals surface area contributed by atoms with Gasteiger partial charge in [0.2, 0.25) is 5.91 Å². The van der Waals surface area contributed by atoms with Crippen LogP contribution in [0.25, 0.3) is 10.6 Å². The Kier molecular flexibility index (Phi) is 5.89. The summed E-state index contributed by atoms with van der Waals surface area (Å²) in [6.45, 7) is 8.00. The van der Waals surface area contributed by atoms with E-state index in [0.29, 0.717) is 13.1 Å². The first-order chi connectivity index (χ1) is 15.6. The van der Waals surface area contributed by atoms with Crippen molar-refractivity contribution in [1.82, 2.24) is 24.8 Å². The van der Waals surface area contributed by atoms with Crippen LogP contribution in [0.3, 0.4) is 0 Å². The molecule has 1 saturated heterocycles. The van der Waals surface area contributed by atoms with Crippen LogP contribution in [0.15, 0.2) is 49.1 Å². The number of rotatable bonds is 4. The van der Waals surface area contributed by atoms with Gasteiger partial charge < -0.3 is 9.80 Å². The number of carbonyl (C=O) groups is 1. The summed E-state index contributed by atoms with van der Waals surface area (Å²) in [4.78, 5) is 34.2. The number of amides is 1. The van der Waals surface area contributed by atoms with Gasteiger partial charge in [-0.2, -0.15) is 0 Å². The van der Waals surface area contributed by atoms with Crippen LogP contribution < -0.4 is 4.90 Å². The van der Waals surface area contributed by atoms with Gasteiger partial charge in [0.25, 0.3) is 0 Å². The number of carbonyl (C=O) groups excluding carboxylic acids is 1. The molecule has 1 aromatic carbocycles. The summed E-state index contributed by atoms with van der Waals surface area (Å²) in [5, 5.41) is 1.05. The SMILES string of the molecule is C[C@@H]1CN(c2cncnc2)C[C@H](C)N1CC(=O)N1CCc2nc(-c3ccccc3)sc2C1. The van der Waals surface area contributed by atoms with Crippen molar-refractivity contribution in [3.05, 3.63) is 59.6 Å². The molecule has 0 bridgehead atoms. The molecule has 2 aromatic heterocycles. The summed E-state index contributed by atoms with van der Waals surface area (Å²) in [7, 11) is 0. The van der Waals surface area contributed by atoms with E-state index in [2.05, 4.69) is 45.7 Å². The number of anilines is 1. The maximum atomic E-state index is 13.2. The molecule has 166 valence electrons. The molecule has 2 aliphatic rings. The summed E-state index contributed by atoms with van der Waals surface area (Å²) in [5.74, 6) is 0.209. The first-order valence-corrected chi connectivity index (χ1v) is 12.0. The van der Waals surface area contributed by atoms with Crippen LogP contribution in [-0.4, -0.2) is 68.9 Å². The highest BCUT2D eigenvalue weighted by molar-refractivity contribution is 7.15. The largest absolute Gasteiger partial charge is 0.366 e. The maximum absolute atomic E-state index is 13.2. The van der Waals surface area contributed by atoms with Gasteiger partial charge in [-0.25, -0.2) is 15.0 Å². The van der Waals surface area contributed by atoms with Gasteiger partial charge in [0, 0.05) is 48.6 Å². The highest BCUT2D eigenvalue weighted by Crippen LogP contribution is 2.32. The van der Waals surface area contributed by atoms with Crippen molar-refractivity contribution in [2.24, 2.45) is 0 Å². The highest BCUT2D eigenvalue weighted by atomic mass is 32.1. The van der Waals surface area contributed by atoms with Crippen molar-refractivity contribution in [1.29, 1.82) is 0 Å². The third-order valence-corrected chi connectivity index (χ3v) is 7.57. The van der Waals surface area contributed by atoms with Crippen LogP contribution in [0.5, 0.6) is 0 Å². The Morgan fingerprint density at radius 3 is 2.53 bits per heavy atom. The predicted molar refractivity (Wildman–Crippen MR) is 127 cm³/mol. The van der Waals surface area contributed by atoms with E-state index in [-0.39, 0.29) is 18.0 Å². The van der Waals surface area contributed by atoms with E-state index >= 15 is 0 Å². The molecule has 3 aromatic rings. The first kappa shape index (κ1) is 21.0. The van der Waals surface area contributed by atoms with Gasteiger partial charge >= 0.3 is 0 Å². The quantitative estimate of drug-likeness (QED) is 0.611. The minimum absolute atomic E-state index is 0.209. The fourth-order valence-corrected chi connectivity index (χ4v) is 5.83. The van der Waals surface area contributed by atoms with Crippen LogP contribution in [0.1, 0.15) is 24.4 Å². The Morgan fingerprint density at radius 2 is 1.81 bits per heavy atom. The summed E-state index contributed by atoms with van der Waals surface area (Å²) in [5.41, 5.74) is 3.34. The number of benzene rings is 1. The van der Waals surface area contributed by atoms with Gasteiger partial charge in [0.05, 0.1) is 36.9 Å². The number of hydrogen-bond donors (Lipinski definition) is 0. The Morgan fingerprint density at radius 1 is 1.09 bits per heavy atom. The van der Waals surface area contributed by atoms with Gasteiger partial charge in [0.1, 0.15) is 11.3 Å². The standard InChI is InChI=1S/C24H28N6OS/c1-17-12-29(20-10-25-16-26-11-20)13-18(2)30(17)15-23(31)28-9-8-21-22(14-28)32-24(27-21)19-6-4-3-5-7-19/h3-7,10-11,16-18H,8-9,12-15H2,1-2H3/t17-,18+. The topological polar surface area (TPSA) is 65.5 Å². The molecule has 2 aliphatic heterocycles. The molecule has 1 amide bonds. The molecule has 4 heterocycles. The minimum Gasteiger partial charge on any atom is -0.366 e. The number of piperazine rings is 1. The maximum Gasteiger partial charge on any atom is 0.237 e. The van der Waals surface area contributed by atoms with Crippen LogP contribution in [0.4, 0.5) is 5.69 Å². The molecule has 32 heavy (non-hydrogen) atoms. The number of thiazole rings is 1. The summed E-state index contributed by atoms with van der Waals surface area (Å²) < 4.78 is 0. The summed E-state index contributed by atoms with van der Waals surface area (Å²) in [6.07, 6.45) is 6.10. The van der Waals surface area contributed by atoms with Gasteiger partial charge in [-0.1, -0.05) is 30.3 Å². The van der Waals surface area contributed by atoms with Crippen molar-refractivity contribution in [3.8, 4) is 10.6 Å². The van der Waals surface area contributed by atoms with Gasteiger partial charge in [-0.05, 0) is 13.8 Å². The Hall–Kier alpha value is -2.84. The second-order valence-corrected chi connectivity index (χ2v) is 9.78. The molecular formula is C24H28N6OS. The van der Waals surface area contributed by atoms with E-state index in [4.69, 9.17) is 4.98 Å². The fourth-order valence-electron chi connectivity index (χ4n) is 4.70.